The third kappa shape index (κ3) is 15.6. The number of methoxy groups -OCH3 is 2. The van der Waals surface area contributed by atoms with E-state index in [1.165, 1.54) is 70.6 Å². The van der Waals surface area contributed by atoms with Gasteiger partial charge in [-0.3, -0.25) is 0 Å². The zero-order valence-electron chi connectivity index (χ0n) is 17.5. The highest BCUT2D eigenvalue weighted by molar-refractivity contribution is 5.75. The summed E-state index contributed by atoms with van der Waals surface area (Å²) in [6.45, 7) is 3.94. The fraction of sp³-hybridized carbons (Fsp3) is 0.955. The van der Waals surface area contributed by atoms with Gasteiger partial charge in [-0.15, -0.1) is 0 Å². The van der Waals surface area contributed by atoms with Crippen LogP contribution in [0.25, 0.3) is 0 Å². The van der Waals surface area contributed by atoms with E-state index in [9.17, 15) is 4.79 Å². The van der Waals surface area contributed by atoms with Crippen molar-refractivity contribution in [3.05, 3.63) is 0 Å². The van der Waals surface area contributed by atoms with Crippen LogP contribution in [0.5, 0.6) is 0 Å². The lowest BCUT2D eigenvalue weighted by atomic mass is 9.99. The number of carbonyl (C=O) groups is 1. The van der Waals surface area contributed by atoms with E-state index in [2.05, 4.69) is 6.92 Å². The van der Waals surface area contributed by atoms with Gasteiger partial charge >= 0.3 is 0 Å². The Morgan fingerprint density at radius 2 is 1.08 bits per heavy atom. The zero-order valence-corrected chi connectivity index (χ0v) is 17.5. The molecule has 0 aliphatic carbocycles. The van der Waals surface area contributed by atoms with Crippen LogP contribution in [0.1, 0.15) is 110 Å². The lowest BCUT2D eigenvalue weighted by Crippen LogP contribution is -2.30. The van der Waals surface area contributed by atoms with E-state index in [1.54, 1.807) is 6.92 Å². The van der Waals surface area contributed by atoms with Gasteiger partial charge in [0.2, 0.25) is 0 Å². The minimum Gasteiger partial charge on any atom is -0.379 e. The van der Waals surface area contributed by atoms with Crippen molar-refractivity contribution in [2.24, 2.45) is 0 Å². The summed E-state index contributed by atoms with van der Waals surface area (Å²) in [6.07, 6.45) is 18.6. The molecule has 0 saturated heterocycles. The topological polar surface area (TPSA) is 35.5 Å². The number of unbranched alkanes of at least 4 members (excludes halogenated alkanes) is 10. The molecule has 0 aliphatic heterocycles. The van der Waals surface area contributed by atoms with Gasteiger partial charge in [-0.05, 0) is 26.2 Å². The van der Waals surface area contributed by atoms with E-state index in [-0.39, 0.29) is 12.2 Å². The molecule has 0 radical (unpaired) electrons. The predicted octanol–water partition coefficient (Wildman–Crippen LogP) is 6.48. The Morgan fingerprint density at radius 1 is 0.680 bits per heavy atom. The molecular formula is C22H44O3. The molecule has 25 heavy (non-hydrogen) atoms. The zero-order chi connectivity index (χ0) is 18.8. The first-order chi connectivity index (χ1) is 12.2. The molecule has 0 spiro atoms. The molecule has 0 amide bonds. The van der Waals surface area contributed by atoms with E-state index in [4.69, 9.17) is 9.47 Å². The first-order valence-electron chi connectivity index (χ1n) is 10.7. The van der Waals surface area contributed by atoms with Crippen molar-refractivity contribution < 1.29 is 14.3 Å². The molecule has 0 aromatic carbocycles. The monoisotopic (exact) mass is 356 g/mol. The van der Waals surface area contributed by atoms with Gasteiger partial charge in [-0.2, -0.15) is 0 Å². The van der Waals surface area contributed by atoms with Crippen LogP contribution in [0.3, 0.4) is 0 Å². The number of ketones is 1. The van der Waals surface area contributed by atoms with E-state index >= 15 is 0 Å². The summed E-state index contributed by atoms with van der Waals surface area (Å²) in [5.41, 5.74) is 0. The van der Waals surface area contributed by atoms with Gasteiger partial charge < -0.3 is 14.3 Å². The molecule has 0 aromatic heterocycles. The number of hydrogen-bond acceptors (Lipinski definition) is 3. The highest BCUT2D eigenvalue weighted by atomic mass is 16.5. The molecule has 0 saturated carbocycles. The normalized spacial score (nSPS) is 13.8. The first-order valence-corrected chi connectivity index (χ1v) is 10.7. The Labute approximate surface area is 157 Å². The molecule has 150 valence electrons. The summed E-state index contributed by atoms with van der Waals surface area (Å²) in [4.78, 5) is 10.9. The van der Waals surface area contributed by atoms with Crippen LogP contribution in [0.4, 0.5) is 0 Å². The molecule has 3 heteroatoms. The highest BCUT2D eigenvalue weighted by Crippen LogP contribution is 2.19. The third-order valence-corrected chi connectivity index (χ3v) is 5.13. The fourth-order valence-electron chi connectivity index (χ4n) is 3.46. The van der Waals surface area contributed by atoms with Gasteiger partial charge in [0.25, 0.3) is 0 Å². The Kier molecular flexibility index (Phi) is 18.1. The summed E-state index contributed by atoms with van der Waals surface area (Å²) in [5.74, 6) is 0.318. The van der Waals surface area contributed by atoms with Crippen molar-refractivity contribution in [1.82, 2.24) is 0 Å². The van der Waals surface area contributed by atoms with Crippen molar-refractivity contribution in [2.75, 3.05) is 14.2 Å². The number of hydrogen-bond donors (Lipinski definition) is 0. The fourth-order valence-corrected chi connectivity index (χ4v) is 3.46. The van der Waals surface area contributed by atoms with Gasteiger partial charge in [0, 0.05) is 20.6 Å². The Morgan fingerprint density at radius 3 is 1.48 bits per heavy atom. The third-order valence-electron chi connectivity index (χ3n) is 5.13. The molecule has 0 fully saturated rings. The SMILES string of the molecule is CCCCCCCCC(OC)C(CCCCCCCCC(C)=O)OC. The number of rotatable bonds is 19. The molecular weight excluding hydrogens is 312 g/mol. The summed E-state index contributed by atoms with van der Waals surface area (Å²) >= 11 is 0. The lowest BCUT2D eigenvalue weighted by molar-refractivity contribution is -0.117. The van der Waals surface area contributed by atoms with Gasteiger partial charge in [0.1, 0.15) is 5.78 Å². The van der Waals surface area contributed by atoms with Crippen LogP contribution in [-0.2, 0) is 14.3 Å². The van der Waals surface area contributed by atoms with E-state index in [1.807, 2.05) is 14.2 Å². The molecule has 2 unspecified atom stereocenters. The van der Waals surface area contributed by atoms with Crippen molar-refractivity contribution in [3.63, 3.8) is 0 Å². The largest absolute Gasteiger partial charge is 0.379 e. The molecule has 0 bridgehead atoms. The van der Waals surface area contributed by atoms with Gasteiger partial charge in [-0.1, -0.05) is 77.6 Å². The smallest absolute Gasteiger partial charge is 0.129 e. The standard InChI is InChI=1S/C22H44O3/c1-5-6-7-8-12-15-18-21(24-3)22(25-4)19-16-13-10-9-11-14-17-20(2)23/h21-22H,5-19H2,1-4H3. The quantitative estimate of drug-likeness (QED) is 0.249. The lowest BCUT2D eigenvalue weighted by Gasteiger charge is -2.25. The van der Waals surface area contributed by atoms with Gasteiger partial charge in [0.15, 0.2) is 0 Å². The predicted molar refractivity (Wildman–Crippen MR) is 107 cm³/mol. The summed E-state index contributed by atoms with van der Waals surface area (Å²) in [5, 5.41) is 0. The van der Waals surface area contributed by atoms with Crippen LogP contribution in [0, 0.1) is 0 Å². The minimum absolute atomic E-state index is 0.235. The number of Topliss-reactive ketones (excluding diaryl/α,β-unsaturated/α-hetero) is 1. The second-order valence-corrected chi connectivity index (χ2v) is 7.47. The van der Waals surface area contributed by atoms with E-state index in [0.29, 0.717) is 5.78 Å². The first kappa shape index (κ1) is 24.6. The van der Waals surface area contributed by atoms with Gasteiger partial charge in [-0.25, -0.2) is 0 Å². The minimum atomic E-state index is 0.235. The summed E-state index contributed by atoms with van der Waals surface area (Å²) in [6, 6.07) is 0. The average molecular weight is 357 g/mol. The maximum Gasteiger partial charge on any atom is 0.129 e. The Hall–Kier alpha value is -0.410. The molecule has 0 N–H and O–H groups in total. The molecule has 0 heterocycles. The molecule has 0 aliphatic rings. The molecule has 2 atom stereocenters. The second kappa shape index (κ2) is 18.4. The van der Waals surface area contributed by atoms with Crippen molar-refractivity contribution >= 4 is 5.78 Å². The Bertz CT molecular complexity index is 291. The van der Waals surface area contributed by atoms with E-state index < -0.39 is 0 Å². The summed E-state index contributed by atoms with van der Waals surface area (Å²) < 4.78 is 11.4. The van der Waals surface area contributed by atoms with Crippen LogP contribution < -0.4 is 0 Å². The van der Waals surface area contributed by atoms with E-state index in [0.717, 1.165) is 25.7 Å². The molecule has 0 aromatic rings. The second-order valence-electron chi connectivity index (χ2n) is 7.47. The van der Waals surface area contributed by atoms with Crippen LogP contribution >= 0.6 is 0 Å². The van der Waals surface area contributed by atoms with Crippen molar-refractivity contribution in [3.8, 4) is 0 Å². The van der Waals surface area contributed by atoms with Crippen LogP contribution in [0.2, 0.25) is 0 Å². The van der Waals surface area contributed by atoms with Crippen LogP contribution in [-0.4, -0.2) is 32.2 Å². The number of ether oxygens (including phenoxy) is 2. The Balaban J connectivity index is 3.71. The van der Waals surface area contributed by atoms with Crippen LogP contribution in [0.15, 0.2) is 0 Å². The maximum atomic E-state index is 10.9. The maximum absolute atomic E-state index is 10.9. The highest BCUT2D eigenvalue weighted by Gasteiger charge is 2.20. The molecule has 0 rings (SSSR count). The van der Waals surface area contributed by atoms with Crippen molar-refractivity contribution in [2.45, 2.75) is 122 Å². The molecule has 3 nitrogen and oxygen atoms in total. The van der Waals surface area contributed by atoms with Crippen molar-refractivity contribution in [1.29, 1.82) is 0 Å². The average Bonchev–Trinajstić information content (AvgIpc) is 2.60. The van der Waals surface area contributed by atoms with Gasteiger partial charge in [0.05, 0.1) is 12.2 Å². The number of carbonyl (C=O) groups excluding carboxylic acids is 1. The summed E-state index contributed by atoms with van der Waals surface area (Å²) in [7, 11) is 3.64.